The van der Waals surface area contributed by atoms with Gasteiger partial charge in [-0.3, -0.25) is 9.59 Å². The molecule has 0 fully saturated rings. The van der Waals surface area contributed by atoms with E-state index in [1.165, 1.54) is 0 Å². The van der Waals surface area contributed by atoms with Gasteiger partial charge in [-0.05, 0) is 42.5 Å². The van der Waals surface area contributed by atoms with E-state index >= 15 is 0 Å². The minimum Gasteiger partial charge on any atom is -0.366 e. The van der Waals surface area contributed by atoms with Gasteiger partial charge in [0.05, 0.1) is 0 Å². The van der Waals surface area contributed by atoms with E-state index in [2.05, 4.69) is 21.2 Å². The quantitative estimate of drug-likeness (QED) is 0.913. The zero-order valence-electron chi connectivity index (χ0n) is 9.89. The number of nitrogens with one attached hydrogen (secondary N) is 1. The van der Waals surface area contributed by atoms with E-state index in [0.29, 0.717) is 16.8 Å². The molecule has 2 rings (SSSR count). The zero-order chi connectivity index (χ0) is 13.8. The molecule has 0 aliphatic heterocycles. The first-order chi connectivity index (χ1) is 9.06. The first kappa shape index (κ1) is 13.3. The van der Waals surface area contributed by atoms with Crippen molar-refractivity contribution in [1.29, 1.82) is 0 Å². The minimum absolute atomic E-state index is 0.215. The maximum Gasteiger partial charge on any atom is 0.255 e. The van der Waals surface area contributed by atoms with Gasteiger partial charge in [-0.2, -0.15) is 0 Å². The molecular weight excluding hydrogens is 308 g/mol. The van der Waals surface area contributed by atoms with Crippen LogP contribution in [0.2, 0.25) is 0 Å². The van der Waals surface area contributed by atoms with Crippen LogP contribution in [0.1, 0.15) is 20.7 Å². The molecule has 0 bridgehead atoms. The fourth-order valence-corrected chi connectivity index (χ4v) is 1.95. The van der Waals surface area contributed by atoms with Crippen LogP contribution in [0.5, 0.6) is 0 Å². The van der Waals surface area contributed by atoms with Crippen molar-refractivity contribution < 1.29 is 9.59 Å². The van der Waals surface area contributed by atoms with Crippen LogP contribution in [0, 0.1) is 0 Å². The number of anilines is 1. The van der Waals surface area contributed by atoms with Crippen LogP contribution in [-0.4, -0.2) is 11.8 Å². The Balaban J connectivity index is 2.13. The van der Waals surface area contributed by atoms with Crippen molar-refractivity contribution >= 4 is 33.4 Å². The Morgan fingerprint density at radius 1 is 1.00 bits per heavy atom. The SMILES string of the molecule is NC(=O)c1ccc(NC(=O)c2cccc(Br)c2)cc1. The number of hydrogen-bond donors (Lipinski definition) is 2. The van der Waals surface area contributed by atoms with Gasteiger partial charge in [0.15, 0.2) is 0 Å². The number of halogens is 1. The largest absolute Gasteiger partial charge is 0.366 e. The van der Waals surface area contributed by atoms with Crippen molar-refractivity contribution in [1.82, 2.24) is 0 Å². The highest BCUT2D eigenvalue weighted by atomic mass is 79.9. The molecule has 2 amide bonds. The van der Waals surface area contributed by atoms with Crippen LogP contribution < -0.4 is 11.1 Å². The van der Waals surface area contributed by atoms with Gasteiger partial charge in [-0.25, -0.2) is 0 Å². The molecule has 0 saturated carbocycles. The topological polar surface area (TPSA) is 72.2 Å². The lowest BCUT2D eigenvalue weighted by Crippen LogP contribution is -2.13. The van der Waals surface area contributed by atoms with Gasteiger partial charge in [-0.15, -0.1) is 0 Å². The van der Waals surface area contributed by atoms with Crippen LogP contribution in [0.25, 0.3) is 0 Å². The van der Waals surface area contributed by atoms with E-state index in [-0.39, 0.29) is 5.91 Å². The maximum absolute atomic E-state index is 12.0. The Hall–Kier alpha value is -2.14. The van der Waals surface area contributed by atoms with Gasteiger partial charge in [0.25, 0.3) is 5.91 Å². The molecule has 0 unspecified atom stereocenters. The highest BCUT2D eigenvalue weighted by molar-refractivity contribution is 9.10. The monoisotopic (exact) mass is 318 g/mol. The van der Waals surface area contributed by atoms with Crippen molar-refractivity contribution in [2.24, 2.45) is 5.73 Å². The van der Waals surface area contributed by atoms with Gasteiger partial charge in [0.2, 0.25) is 5.91 Å². The van der Waals surface area contributed by atoms with Gasteiger partial charge < -0.3 is 11.1 Å². The number of primary amides is 1. The fraction of sp³-hybridized carbons (Fsp3) is 0. The Morgan fingerprint density at radius 3 is 2.26 bits per heavy atom. The molecule has 2 aromatic rings. The molecule has 0 aliphatic carbocycles. The van der Waals surface area contributed by atoms with Crippen LogP contribution in [0.15, 0.2) is 53.0 Å². The van der Waals surface area contributed by atoms with Gasteiger partial charge in [-0.1, -0.05) is 22.0 Å². The summed E-state index contributed by atoms with van der Waals surface area (Å²) in [6.07, 6.45) is 0. The second kappa shape index (κ2) is 5.67. The lowest BCUT2D eigenvalue weighted by atomic mass is 10.2. The molecule has 0 saturated heterocycles. The van der Waals surface area contributed by atoms with Crippen LogP contribution >= 0.6 is 15.9 Å². The third kappa shape index (κ3) is 3.42. The van der Waals surface area contributed by atoms with Crippen molar-refractivity contribution in [3.63, 3.8) is 0 Å². The van der Waals surface area contributed by atoms with E-state index in [9.17, 15) is 9.59 Å². The Kier molecular flexibility index (Phi) is 3.97. The van der Waals surface area contributed by atoms with E-state index < -0.39 is 5.91 Å². The van der Waals surface area contributed by atoms with E-state index in [0.717, 1.165) is 4.47 Å². The average Bonchev–Trinajstić information content (AvgIpc) is 2.39. The number of carbonyl (C=O) groups is 2. The minimum atomic E-state index is -0.495. The molecule has 0 aromatic heterocycles. The molecule has 4 nitrogen and oxygen atoms in total. The van der Waals surface area contributed by atoms with Crippen molar-refractivity contribution in [3.8, 4) is 0 Å². The second-order valence-corrected chi connectivity index (χ2v) is 4.82. The summed E-state index contributed by atoms with van der Waals surface area (Å²) in [5.74, 6) is -0.710. The lowest BCUT2D eigenvalue weighted by molar-refractivity contribution is 0.0998. The second-order valence-electron chi connectivity index (χ2n) is 3.91. The summed E-state index contributed by atoms with van der Waals surface area (Å²) in [5.41, 5.74) is 6.70. The lowest BCUT2D eigenvalue weighted by Gasteiger charge is -2.06. The number of benzene rings is 2. The third-order valence-corrected chi connectivity index (χ3v) is 3.01. The zero-order valence-corrected chi connectivity index (χ0v) is 11.5. The summed E-state index contributed by atoms with van der Waals surface area (Å²) >= 11 is 3.31. The van der Waals surface area contributed by atoms with Gasteiger partial charge in [0.1, 0.15) is 0 Å². The Bertz CT molecular complexity index is 624. The van der Waals surface area contributed by atoms with Crippen LogP contribution in [0.3, 0.4) is 0 Å². The molecule has 3 N–H and O–H groups in total. The summed E-state index contributed by atoms with van der Waals surface area (Å²) < 4.78 is 0.837. The molecule has 2 aromatic carbocycles. The fourth-order valence-electron chi connectivity index (χ4n) is 1.55. The molecule has 0 atom stereocenters. The van der Waals surface area contributed by atoms with E-state index in [4.69, 9.17) is 5.73 Å². The molecule has 0 aliphatic rings. The van der Waals surface area contributed by atoms with Crippen LogP contribution in [-0.2, 0) is 0 Å². The number of nitrogens with two attached hydrogens (primary N) is 1. The van der Waals surface area contributed by atoms with Gasteiger partial charge in [0, 0.05) is 21.3 Å². The molecule has 0 spiro atoms. The molecular formula is C14H11BrN2O2. The number of rotatable bonds is 3. The van der Waals surface area contributed by atoms with Crippen LogP contribution in [0.4, 0.5) is 5.69 Å². The number of carbonyl (C=O) groups excluding carboxylic acids is 2. The number of hydrogen-bond acceptors (Lipinski definition) is 2. The highest BCUT2D eigenvalue weighted by Gasteiger charge is 2.07. The molecule has 96 valence electrons. The van der Waals surface area contributed by atoms with Crippen molar-refractivity contribution in [3.05, 3.63) is 64.1 Å². The van der Waals surface area contributed by atoms with Gasteiger partial charge >= 0.3 is 0 Å². The predicted molar refractivity (Wildman–Crippen MR) is 77.1 cm³/mol. The Labute approximate surface area is 118 Å². The van der Waals surface area contributed by atoms with E-state index in [1.807, 2.05) is 6.07 Å². The first-order valence-electron chi connectivity index (χ1n) is 5.53. The summed E-state index contributed by atoms with van der Waals surface area (Å²) in [4.78, 5) is 22.9. The average molecular weight is 319 g/mol. The smallest absolute Gasteiger partial charge is 0.255 e. The molecule has 19 heavy (non-hydrogen) atoms. The molecule has 5 heteroatoms. The standard InChI is InChI=1S/C14H11BrN2O2/c15-11-3-1-2-10(8-11)14(19)17-12-6-4-9(5-7-12)13(16)18/h1-8H,(H2,16,18)(H,17,19). The van der Waals surface area contributed by atoms with Crippen molar-refractivity contribution in [2.75, 3.05) is 5.32 Å². The molecule has 0 radical (unpaired) electrons. The molecule has 0 heterocycles. The first-order valence-corrected chi connectivity index (χ1v) is 6.32. The maximum atomic E-state index is 12.0. The Morgan fingerprint density at radius 2 is 1.68 bits per heavy atom. The van der Waals surface area contributed by atoms with E-state index in [1.54, 1.807) is 42.5 Å². The summed E-state index contributed by atoms with van der Waals surface area (Å²) in [7, 11) is 0. The summed E-state index contributed by atoms with van der Waals surface area (Å²) in [6.45, 7) is 0. The highest BCUT2D eigenvalue weighted by Crippen LogP contribution is 2.14. The number of amides is 2. The normalized spacial score (nSPS) is 9.95. The predicted octanol–water partition coefficient (Wildman–Crippen LogP) is 2.80. The summed E-state index contributed by atoms with van der Waals surface area (Å²) in [6, 6.07) is 13.5. The summed E-state index contributed by atoms with van der Waals surface area (Å²) in [5, 5.41) is 2.74. The third-order valence-electron chi connectivity index (χ3n) is 2.51. The van der Waals surface area contributed by atoms with Crippen molar-refractivity contribution in [2.45, 2.75) is 0 Å².